The Morgan fingerprint density at radius 1 is 1.29 bits per heavy atom. The summed E-state index contributed by atoms with van der Waals surface area (Å²) in [6.07, 6.45) is 5.35. The highest BCUT2D eigenvalue weighted by molar-refractivity contribution is 6.31. The van der Waals surface area contributed by atoms with Crippen LogP contribution in [0.2, 0.25) is 5.02 Å². The fraction of sp³-hybridized carbons (Fsp3) is 0.368. The van der Waals surface area contributed by atoms with Crippen LogP contribution in [0.1, 0.15) is 19.8 Å². The molecule has 146 valence electrons. The first kappa shape index (κ1) is 18.8. The second kappa shape index (κ2) is 8.20. The second-order valence-corrected chi connectivity index (χ2v) is 7.19. The standard InChI is InChI=1S/C19H21ClFN7/c1-2-28-7-3-4-13(10-28)26-19-22-9-16-17(27-19)18(24-11-23-16)25-12-5-6-15(21)14(20)8-12/h5-6,8-9,11,13H,2-4,7,10H2,1H3,(H,22,26,27)(H,23,24,25). The highest BCUT2D eigenvalue weighted by atomic mass is 35.5. The average molecular weight is 402 g/mol. The van der Waals surface area contributed by atoms with Crippen molar-refractivity contribution in [3.8, 4) is 0 Å². The minimum Gasteiger partial charge on any atom is -0.350 e. The SMILES string of the molecule is CCN1CCCC(Nc2ncc3ncnc(Nc4ccc(F)c(Cl)c4)c3n2)C1. The molecule has 1 fully saturated rings. The van der Waals surface area contributed by atoms with E-state index in [1.807, 2.05) is 0 Å². The van der Waals surface area contributed by atoms with Gasteiger partial charge in [-0.1, -0.05) is 18.5 Å². The van der Waals surface area contributed by atoms with Crippen molar-refractivity contribution in [2.24, 2.45) is 0 Å². The molecule has 1 atom stereocenters. The third-order valence-electron chi connectivity index (χ3n) is 4.85. The van der Waals surface area contributed by atoms with Crippen LogP contribution >= 0.6 is 11.6 Å². The molecule has 1 unspecified atom stereocenters. The normalized spacial score (nSPS) is 17.6. The van der Waals surface area contributed by atoms with Crippen LogP contribution in [0.4, 0.5) is 21.8 Å². The molecule has 7 nitrogen and oxygen atoms in total. The fourth-order valence-corrected chi connectivity index (χ4v) is 3.55. The molecule has 0 saturated carbocycles. The number of anilines is 3. The van der Waals surface area contributed by atoms with Crippen LogP contribution < -0.4 is 10.6 Å². The second-order valence-electron chi connectivity index (χ2n) is 6.78. The van der Waals surface area contributed by atoms with Gasteiger partial charge >= 0.3 is 0 Å². The minimum absolute atomic E-state index is 0.0399. The molecule has 9 heteroatoms. The van der Waals surface area contributed by atoms with Crippen LogP contribution in [0, 0.1) is 5.82 Å². The summed E-state index contributed by atoms with van der Waals surface area (Å²) in [7, 11) is 0. The summed E-state index contributed by atoms with van der Waals surface area (Å²) in [6, 6.07) is 4.71. The van der Waals surface area contributed by atoms with Crippen LogP contribution in [0.15, 0.2) is 30.7 Å². The molecule has 0 bridgehead atoms. The molecule has 0 amide bonds. The highest BCUT2D eigenvalue weighted by Crippen LogP contribution is 2.25. The molecule has 1 aliphatic rings. The molecule has 0 radical (unpaired) electrons. The molecule has 0 aliphatic carbocycles. The van der Waals surface area contributed by atoms with Gasteiger partial charge in [0, 0.05) is 18.3 Å². The van der Waals surface area contributed by atoms with Crippen molar-refractivity contribution < 1.29 is 4.39 Å². The van der Waals surface area contributed by atoms with Crippen molar-refractivity contribution >= 4 is 40.1 Å². The first-order chi connectivity index (χ1) is 13.6. The Kier molecular flexibility index (Phi) is 5.50. The van der Waals surface area contributed by atoms with Gasteiger partial charge in [0.1, 0.15) is 23.2 Å². The van der Waals surface area contributed by atoms with Gasteiger partial charge in [0.15, 0.2) is 5.82 Å². The third-order valence-corrected chi connectivity index (χ3v) is 5.14. The van der Waals surface area contributed by atoms with Gasteiger partial charge in [-0.15, -0.1) is 0 Å². The van der Waals surface area contributed by atoms with Gasteiger partial charge in [-0.2, -0.15) is 0 Å². The Bertz CT molecular complexity index is 984. The van der Waals surface area contributed by atoms with Crippen LogP contribution in [0.3, 0.4) is 0 Å². The maximum Gasteiger partial charge on any atom is 0.223 e. The number of hydrogen-bond donors (Lipinski definition) is 2. The number of fused-ring (bicyclic) bond motifs is 1. The minimum atomic E-state index is -0.470. The predicted molar refractivity (Wildman–Crippen MR) is 109 cm³/mol. The molecule has 4 rings (SSSR count). The predicted octanol–water partition coefficient (Wildman–Crippen LogP) is 3.85. The number of benzene rings is 1. The van der Waals surface area contributed by atoms with Gasteiger partial charge in [0.05, 0.1) is 11.2 Å². The van der Waals surface area contributed by atoms with E-state index >= 15 is 0 Å². The number of likely N-dealkylation sites (N-methyl/N-ethyl adjacent to an activating group) is 1. The quantitative estimate of drug-likeness (QED) is 0.672. The van der Waals surface area contributed by atoms with Crippen LogP contribution in [-0.4, -0.2) is 50.5 Å². The topological polar surface area (TPSA) is 78.9 Å². The summed E-state index contributed by atoms with van der Waals surface area (Å²) in [6.45, 7) is 5.32. The number of nitrogens with one attached hydrogen (secondary N) is 2. The number of halogens is 2. The lowest BCUT2D eigenvalue weighted by Crippen LogP contribution is -2.42. The Morgan fingerprint density at radius 3 is 3.00 bits per heavy atom. The molecular weight excluding hydrogens is 381 g/mol. The van der Waals surface area contributed by atoms with E-state index in [9.17, 15) is 4.39 Å². The lowest BCUT2D eigenvalue weighted by Gasteiger charge is -2.32. The molecular formula is C19H21ClFN7. The smallest absolute Gasteiger partial charge is 0.223 e. The molecule has 3 aromatic rings. The van der Waals surface area contributed by atoms with E-state index in [0.717, 1.165) is 32.5 Å². The number of piperidine rings is 1. The van der Waals surface area contributed by atoms with Crippen LogP contribution in [0.5, 0.6) is 0 Å². The van der Waals surface area contributed by atoms with E-state index < -0.39 is 5.82 Å². The molecule has 2 aromatic heterocycles. The molecule has 1 saturated heterocycles. The summed E-state index contributed by atoms with van der Waals surface area (Å²) in [5.41, 5.74) is 1.82. The Balaban J connectivity index is 1.59. The number of aromatic nitrogens is 4. The van der Waals surface area contributed by atoms with Gasteiger partial charge in [-0.05, 0) is 44.1 Å². The first-order valence-electron chi connectivity index (χ1n) is 9.31. The van der Waals surface area contributed by atoms with Gasteiger partial charge in [0.2, 0.25) is 5.95 Å². The molecule has 28 heavy (non-hydrogen) atoms. The number of likely N-dealkylation sites (tertiary alicyclic amines) is 1. The number of rotatable bonds is 5. The molecule has 0 spiro atoms. The van der Waals surface area contributed by atoms with Crippen molar-refractivity contribution in [3.63, 3.8) is 0 Å². The first-order valence-corrected chi connectivity index (χ1v) is 9.69. The molecule has 2 N–H and O–H groups in total. The number of nitrogens with zero attached hydrogens (tertiary/aromatic N) is 5. The summed E-state index contributed by atoms with van der Waals surface area (Å²) in [5, 5.41) is 6.60. The lowest BCUT2D eigenvalue weighted by molar-refractivity contribution is 0.226. The summed E-state index contributed by atoms with van der Waals surface area (Å²) >= 11 is 5.87. The van der Waals surface area contributed by atoms with Gasteiger partial charge in [0.25, 0.3) is 0 Å². The summed E-state index contributed by atoms with van der Waals surface area (Å²) in [5.74, 6) is 0.588. The van der Waals surface area contributed by atoms with E-state index in [1.165, 1.54) is 18.5 Å². The summed E-state index contributed by atoms with van der Waals surface area (Å²) < 4.78 is 13.4. The van der Waals surface area contributed by atoms with Crippen molar-refractivity contribution in [2.45, 2.75) is 25.8 Å². The van der Waals surface area contributed by atoms with Crippen molar-refractivity contribution in [3.05, 3.63) is 41.6 Å². The maximum absolute atomic E-state index is 13.4. The van der Waals surface area contributed by atoms with E-state index in [0.29, 0.717) is 34.5 Å². The zero-order valence-corrected chi connectivity index (χ0v) is 16.2. The van der Waals surface area contributed by atoms with E-state index in [1.54, 1.807) is 12.3 Å². The van der Waals surface area contributed by atoms with Gasteiger partial charge in [-0.25, -0.2) is 24.3 Å². The molecule has 3 heterocycles. The zero-order valence-electron chi connectivity index (χ0n) is 15.5. The van der Waals surface area contributed by atoms with E-state index in [2.05, 4.69) is 42.4 Å². The van der Waals surface area contributed by atoms with Crippen molar-refractivity contribution in [1.29, 1.82) is 0 Å². The molecule has 1 aromatic carbocycles. The van der Waals surface area contributed by atoms with E-state index in [-0.39, 0.29) is 5.02 Å². The Labute approximate surface area is 167 Å². The van der Waals surface area contributed by atoms with E-state index in [4.69, 9.17) is 11.6 Å². The van der Waals surface area contributed by atoms with Crippen molar-refractivity contribution in [1.82, 2.24) is 24.8 Å². The largest absolute Gasteiger partial charge is 0.350 e. The number of hydrogen-bond acceptors (Lipinski definition) is 7. The van der Waals surface area contributed by atoms with Crippen LogP contribution in [0.25, 0.3) is 11.0 Å². The Hall–Kier alpha value is -2.58. The van der Waals surface area contributed by atoms with Gasteiger partial charge in [-0.3, -0.25) is 0 Å². The highest BCUT2D eigenvalue weighted by Gasteiger charge is 2.19. The molecule has 1 aliphatic heterocycles. The summed E-state index contributed by atoms with van der Waals surface area (Å²) in [4.78, 5) is 19.9. The monoisotopic (exact) mass is 401 g/mol. The fourth-order valence-electron chi connectivity index (χ4n) is 3.37. The lowest BCUT2D eigenvalue weighted by atomic mass is 10.1. The Morgan fingerprint density at radius 2 is 2.18 bits per heavy atom. The average Bonchev–Trinajstić information content (AvgIpc) is 2.71. The van der Waals surface area contributed by atoms with Crippen LogP contribution in [-0.2, 0) is 0 Å². The van der Waals surface area contributed by atoms with Gasteiger partial charge < -0.3 is 15.5 Å². The van der Waals surface area contributed by atoms with Crippen molar-refractivity contribution in [2.75, 3.05) is 30.3 Å². The third kappa shape index (κ3) is 4.13. The maximum atomic E-state index is 13.4. The zero-order chi connectivity index (χ0) is 19.5.